The van der Waals surface area contributed by atoms with Crippen LogP contribution < -0.4 is 14.8 Å². The van der Waals surface area contributed by atoms with Gasteiger partial charge in [0.1, 0.15) is 55.3 Å². The monoisotopic (exact) mass is 938 g/mol. The number of carbonyl (C=O) groups excluding carboxylic acids is 1. The summed E-state index contributed by atoms with van der Waals surface area (Å²) in [6.45, 7) is 11.0. The Hall–Kier alpha value is -5.63. The summed E-state index contributed by atoms with van der Waals surface area (Å²) < 4.78 is 61.4. The van der Waals surface area contributed by atoms with Crippen molar-refractivity contribution in [2.75, 3.05) is 46.3 Å². The number of ether oxygens (including phenoxy) is 7. The van der Waals surface area contributed by atoms with Crippen LogP contribution in [-0.4, -0.2) is 108 Å². The van der Waals surface area contributed by atoms with E-state index in [1.165, 1.54) is 13.3 Å². The molecule has 5 aromatic rings. The Morgan fingerprint density at radius 1 is 0.866 bits per heavy atom. The maximum absolute atomic E-state index is 12.2. The number of hydrogen-bond donors (Lipinski definition) is 1. The van der Waals surface area contributed by atoms with Gasteiger partial charge in [-0.25, -0.2) is 19.6 Å². The van der Waals surface area contributed by atoms with E-state index in [2.05, 4.69) is 64.8 Å². The highest BCUT2D eigenvalue weighted by Gasteiger charge is 2.52. The molecule has 1 fully saturated rings. The van der Waals surface area contributed by atoms with E-state index in [4.69, 9.17) is 47.5 Å². The quantitative estimate of drug-likeness (QED) is 0.0255. The molecule has 1 amide bonds. The van der Waals surface area contributed by atoms with Crippen LogP contribution in [0.15, 0.2) is 91.5 Å². The van der Waals surface area contributed by atoms with Gasteiger partial charge in [-0.1, -0.05) is 54.6 Å². The summed E-state index contributed by atoms with van der Waals surface area (Å²) in [6.07, 6.45) is -0.931. The van der Waals surface area contributed by atoms with Gasteiger partial charge in [0.15, 0.2) is 23.2 Å². The van der Waals surface area contributed by atoms with E-state index in [0.717, 1.165) is 16.7 Å². The van der Waals surface area contributed by atoms with Gasteiger partial charge in [0, 0.05) is 19.0 Å². The Morgan fingerprint density at radius 3 is 2.09 bits per heavy atom. The standard InChI is InChI=1S/C48H59N8O10P/c1-32(2)56(33(3)4)67(64-26-12-24-49)66-43-41(27-63-48(36-13-10-9-11-14-36,37-15-19-39(58-7)20-16-37)38-17-21-40(59-8)22-18-38)65-47(44(43)62-31-60-30-61-34(5)23-25-50)55-29-53-42-45(54-35(6)57)51-28-52-46(42)55/h9-11,13-22,28-29,32-34,41,43-44,47H,12,23,26-27,30-31H2,1-8H3,(H,51,52,54,57)/t34?,41-,43-,44-,47-,67?/m1/s1. The minimum atomic E-state index is -1.88. The number of imidazole rings is 1. The SMILES string of the molecule is COc1ccc(C(OC[C@H]2O[C@@H](n3cnc4c(NC(C)=O)ncnc43)[C@H](OCOCOC(C)CC#N)[C@@H]2OP(OCCC#N)N(C(C)C)C(C)C)(c2ccccc2)c2ccc(OC)cc2)cc1. The van der Waals surface area contributed by atoms with E-state index < -0.39 is 38.7 Å². The second-order valence-electron chi connectivity index (χ2n) is 16.1. The molecule has 1 saturated heterocycles. The van der Waals surface area contributed by atoms with E-state index >= 15 is 0 Å². The molecule has 2 aromatic heterocycles. The average molecular weight is 939 g/mol. The maximum atomic E-state index is 12.2. The first kappa shape index (κ1) is 50.8. The van der Waals surface area contributed by atoms with E-state index in [1.54, 1.807) is 32.0 Å². The van der Waals surface area contributed by atoms with Crippen molar-refractivity contribution in [1.82, 2.24) is 24.2 Å². The Kier molecular flexibility index (Phi) is 18.5. The van der Waals surface area contributed by atoms with Crippen molar-refractivity contribution in [2.24, 2.45) is 0 Å². The minimum absolute atomic E-state index is 0.0337. The van der Waals surface area contributed by atoms with Crippen molar-refractivity contribution in [3.8, 4) is 23.6 Å². The molecule has 0 radical (unpaired) electrons. The van der Waals surface area contributed by atoms with Gasteiger partial charge in [-0.3, -0.25) is 9.36 Å². The smallest absolute Gasteiger partial charge is 0.259 e. The topological polar surface area (TPSA) is 207 Å². The second-order valence-corrected chi connectivity index (χ2v) is 17.5. The van der Waals surface area contributed by atoms with Gasteiger partial charge in [-0.05, 0) is 75.6 Å². The molecule has 0 bridgehead atoms. The lowest BCUT2D eigenvalue weighted by Crippen LogP contribution is -2.43. The van der Waals surface area contributed by atoms with E-state index in [9.17, 15) is 10.1 Å². The average Bonchev–Trinajstić information content (AvgIpc) is 3.91. The molecular formula is C48H59N8O10P. The molecule has 1 aliphatic heterocycles. The Bertz CT molecular complexity index is 2360. The molecule has 3 heterocycles. The van der Waals surface area contributed by atoms with Crippen LogP contribution in [0, 0.1) is 22.7 Å². The number of nitrogens with zero attached hydrogens (tertiary/aromatic N) is 7. The number of amides is 1. The lowest BCUT2D eigenvalue weighted by Gasteiger charge is -2.39. The number of rotatable bonds is 25. The fourth-order valence-electron chi connectivity index (χ4n) is 7.86. The number of methoxy groups -OCH3 is 2. The van der Waals surface area contributed by atoms with Gasteiger partial charge >= 0.3 is 0 Å². The van der Waals surface area contributed by atoms with Crippen LogP contribution in [0.3, 0.4) is 0 Å². The summed E-state index contributed by atoms with van der Waals surface area (Å²) in [4.78, 5) is 25.7. The Balaban J connectivity index is 1.50. The van der Waals surface area contributed by atoms with Crippen molar-refractivity contribution >= 4 is 31.4 Å². The largest absolute Gasteiger partial charge is 0.497 e. The number of anilines is 1. The van der Waals surface area contributed by atoms with Gasteiger partial charge < -0.3 is 47.5 Å². The third-order valence-corrected chi connectivity index (χ3v) is 13.0. The van der Waals surface area contributed by atoms with Crippen LogP contribution >= 0.6 is 8.53 Å². The predicted octanol–water partition coefficient (Wildman–Crippen LogP) is 8.00. The van der Waals surface area contributed by atoms with Crippen LogP contribution in [0.4, 0.5) is 5.82 Å². The Morgan fingerprint density at radius 2 is 1.51 bits per heavy atom. The van der Waals surface area contributed by atoms with Crippen molar-refractivity contribution in [3.05, 3.63) is 108 Å². The minimum Gasteiger partial charge on any atom is -0.497 e. The summed E-state index contributed by atoms with van der Waals surface area (Å²) in [7, 11) is 1.36. The van der Waals surface area contributed by atoms with Gasteiger partial charge in [0.25, 0.3) is 8.53 Å². The molecule has 356 valence electrons. The molecule has 3 aromatic carbocycles. The molecule has 0 aliphatic carbocycles. The molecule has 19 heteroatoms. The van der Waals surface area contributed by atoms with Crippen molar-refractivity contribution in [1.29, 1.82) is 10.5 Å². The zero-order valence-electron chi connectivity index (χ0n) is 39.1. The van der Waals surface area contributed by atoms with Crippen LogP contribution in [0.5, 0.6) is 11.5 Å². The molecule has 6 atom stereocenters. The zero-order valence-corrected chi connectivity index (χ0v) is 40.0. The number of hydrogen-bond acceptors (Lipinski definition) is 16. The fraction of sp³-hybridized carbons (Fsp3) is 0.458. The molecule has 0 saturated carbocycles. The normalized spacial score (nSPS) is 18.2. The van der Waals surface area contributed by atoms with Crippen LogP contribution in [0.25, 0.3) is 11.2 Å². The third-order valence-electron chi connectivity index (χ3n) is 10.9. The lowest BCUT2D eigenvalue weighted by molar-refractivity contribution is -0.181. The molecule has 2 unspecified atom stereocenters. The highest BCUT2D eigenvalue weighted by Crippen LogP contribution is 2.51. The molecule has 1 N–H and O–H groups in total. The van der Waals surface area contributed by atoms with Gasteiger partial charge in [-0.2, -0.15) is 10.5 Å². The summed E-state index contributed by atoms with van der Waals surface area (Å²) >= 11 is 0. The van der Waals surface area contributed by atoms with Crippen molar-refractivity contribution in [3.63, 3.8) is 0 Å². The summed E-state index contributed by atoms with van der Waals surface area (Å²) in [5, 5.41) is 21.5. The van der Waals surface area contributed by atoms with E-state index in [-0.39, 0.29) is 69.6 Å². The highest BCUT2D eigenvalue weighted by molar-refractivity contribution is 7.44. The molecule has 1 aliphatic rings. The Labute approximate surface area is 392 Å². The van der Waals surface area contributed by atoms with E-state index in [0.29, 0.717) is 22.7 Å². The summed E-state index contributed by atoms with van der Waals surface area (Å²) in [5.74, 6) is 1.23. The number of aromatic nitrogens is 4. The molecule has 6 rings (SSSR count). The van der Waals surface area contributed by atoms with Crippen LogP contribution in [-0.2, 0) is 43.1 Å². The summed E-state index contributed by atoms with van der Waals surface area (Å²) in [5.41, 5.74) is 1.88. The number of carbonyl (C=O) groups is 1. The lowest BCUT2D eigenvalue weighted by atomic mass is 9.80. The van der Waals surface area contributed by atoms with Gasteiger partial charge in [0.2, 0.25) is 5.91 Å². The maximum Gasteiger partial charge on any atom is 0.259 e. The summed E-state index contributed by atoms with van der Waals surface area (Å²) in [6, 6.07) is 29.6. The van der Waals surface area contributed by atoms with Crippen LogP contribution in [0.1, 0.15) is 77.3 Å². The number of benzene rings is 3. The van der Waals surface area contributed by atoms with Crippen LogP contribution in [0.2, 0.25) is 0 Å². The molecule has 18 nitrogen and oxygen atoms in total. The van der Waals surface area contributed by atoms with Crippen molar-refractivity contribution in [2.45, 2.75) is 103 Å². The fourth-order valence-corrected chi connectivity index (χ4v) is 9.63. The zero-order chi connectivity index (χ0) is 47.9. The first-order valence-corrected chi connectivity index (χ1v) is 23.1. The predicted molar refractivity (Wildman–Crippen MR) is 248 cm³/mol. The number of fused-ring (bicyclic) bond motifs is 1. The molecule has 67 heavy (non-hydrogen) atoms. The van der Waals surface area contributed by atoms with E-state index in [1.807, 2.05) is 78.9 Å². The second kappa shape index (κ2) is 24.4. The van der Waals surface area contributed by atoms with Gasteiger partial charge in [-0.15, -0.1) is 0 Å². The highest BCUT2D eigenvalue weighted by atomic mass is 31.2. The van der Waals surface area contributed by atoms with Crippen molar-refractivity contribution < 1.29 is 47.0 Å². The number of nitrogens with one attached hydrogen (secondary N) is 1. The first-order chi connectivity index (χ1) is 32.4. The number of nitriles is 2. The molecular weight excluding hydrogens is 880 g/mol. The first-order valence-electron chi connectivity index (χ1n) is 22.0. The third kappa shape index (κ3) is 12.3. The molecule has 0 spiro atoms. The van der Waals surface area contributed by atoms with Gasteiger partial charge in [0.05, 0.1) is 64.8 Å².